The third-order valence-electron chi connectivity index (χ3n) is 3.71. The number of hydrogen-bond acceptors (Lipinski definition) is 3. The lowest BCUT2D eigenvalue weighted by molar-refractivity contribution is 0.155. The molecule has 0 bridgehead atoms. The summed E-state index contributed by atoms with van der Waals surface area (Å²) in [5.41, 5.74) is 0. The van der Waals surface area contributed by atoms with Gasteiger partial charge in [-0.2, -0.15) is 0 Å². The molecule has 2 aliphatic rings. The second-order valence-electron chi connectivity index (χ2n) is 5.29. The summed E-state index contributed by atoms with van der Waals surface area (Å²) in [6.07, 6.45) is 1.41. The van der Waals surface area contributed by atoms with E-state index in [9.17, 15) is 0 Å². The van der Waals surface area contributed by atoms with E-state index in [1.165, 1.54) is 39.1 Å². The topological polar surface area (TPSA) is 6.48 Å². The molecule has 0 saturated carbocycles. The minimum Gasteiger partial charge on any atom is -0.303 e. The van der Waals surface area contributed by atoms with Crippen molar-refractivity contribution in [1.29, 1.82) is 0 Å². The summed E-state index contributed by atoms with van der Waals surface area (Å²) in [7, 11) is 0. The lowest BCUT2D eigenvalue weighted by atomic mass is 9.95. The van der Waals surface area contributed by atoms with Crippen LogP contribution in [0.3, 0.4) is 0 Å². The molecule has 0 radical (unpaired) electrons. The molecule has 0 aliphatic carbocycles. The predicted octanol–water partition coefficient (Wildman–Crippen LogP) is 1.74. The third-order valence-corrected chi connectivity index (χ3v) is 4.03. The molecule has 2 fully saturated rings. The van der Waals surface area contributed by atoms with Gasteiger partial charge in [-0.15, -0.1) is 0 Å². The highest BCUT2D eigenvalue weighted by atomic mass is 32.1. The van der Waals surface area contributed by atoms with Crippen molar-refractivity contribution in [3.8, 4) is 0 Å². The van der Waals surface area contributed by atoms with Crippen molar-refractivity contribution in [2.45, 2.75) is 20.3 Å². The van der Waals surface area contributed by atoms with Gasteiger partial charge in [0.15, 0.2) is 0 Å². The molecule has 14 heavy (non-hydrogen) atoms. The monoisotopic (exact) mass is 214 g/mol. The number of nitrogens with zero attached hydrogens (tertiary/aromatic N) is 2. The summed E-state index contributed by atoms with van der Waals surface area (Å²) >= 11 is 4.31. The largest absolute Gasteiger partial charge is 0.303 e. The van der Waals surface area contributed by atoms with Gasteiger partial charge >= 0.3 is 0 Å². The van der Waals surface area contributed by atoms with Gasteiger partial charge in [-0.1, -0.05) is 26.7 Å². The molecule has 0 N–H and O–H groups in total. The molecule has 2 heterocycles. The molecule has 3 heteroatoms. The fourth-order valence-corrected chi connectivity index (χ4v) is 3.06. The predicted molar refractivity (Wildman–Crippen MR) is 63.4 cm³/mol. The Hall–Kier alpha value is 0.270. The van der Waals surface area contributed by atoms with Gasteiger partial charge in [-0.25, -0.2) is 0 Å². The van der Waals surface area contributed by atoms with E-state index in [1.54, 1.807) is 0 Å². The van der Waals surface area contributed by atoms with Gasteiger partial charge in [0.05, 0.1) is 0 Å². The van der Waals surface area contributed by atoms with E-state index in [1.807, 2.05) is 0 Å². The molecular weight excluding hydrogens is 192 g/mol. The van der Waals surface area contributed by atoms with Crippen LogP contribution in [-0.4, -0.2) is 41.9 Å². The Labute approximate surface area is 93.2 Å². The van der Waals surface area contributed by atoms with Gasteiger partial charge in [0, 0.05) is 26.2 Å². The van der Waals surface area contributed by atoms with Gasteiger partial charge in [0.25, 0.3) is 0 Å². The van der Waals surface area contributed by atoms with Gasteiger partial charge in [0.2, 0.25) is 0 Å². The van der Waals surface area contributed by atoms with E-state index in [-0.39, 0.29) is 0 Å². The van der Waals surface area contributed by atoms with Crippen molar-refractivity contribution in [3.63, 3.8) is 0 Å². The van der Waals surface area contributed by atoms with Crippen molar-refractivity contribution >= 4 is 12.8 Å². The first-order valence-corrected chi connectivity index (χ1v) is 6.21. The summed E-state index contributed by atoms with van der Waals surface area (Å²) in [5, 5.41) is 0. The molecule has 2 aliphatic heterocycles. The van der Waals surface area contributed by atoms with E-state index in [0.717, 1.165) is 17.8 Å². The van der Waals surface area contributed by atoms with Crippen LogP contribution in [0, 0.1) is 17.8 Å². The lowest BCUT2D eigenvalue weighted by Crippen LogP contribution is -2.46. The summed E-state index contributed by atoms with van der Waals surface area (Å²) in [5.74, 6) is 2.70. The number of hydrogen-bond donors (Lipinski definition) is 1. The SMILES string of the molecule is CC(C)C1CCN(CC2CN(S)C2)C1. The lowest BCUT2D eigenvalue weighted by Gasteiger charge is -2.37. The third kappa shape index (κ3) is 2.44. The highest BCUT2D eigenvalue weighted by molar-refractivity contribution is 7.77. The number of rotatable bonds is 3. The zero-order chi connectivity index (χ0) is 10.1. The molecule has 0 aromatic heterocycles. The Kier molecular flexibility index (Phi) is 3.40. The van der Waals surface area contributed by atoms with E-state index < -0.39 is 0 Å². The second-order valence-corrected chi connectivity index (χ2v) is 5.86. The maximum atomic E-state index is 4.31. The molecule has 1 unspecified atom stereocenters. The van der Waals surface area contributed by atoms with Crippen LogP contribution in [0.25, 0.3) is 0 Å². The fraction of sp³-hybridized carbons (Fsp3) is 1.00. The normalized spacial score (nSPS) is 31.3. The van der Waals surface area contributed by atoms with E-state index in [4.69, 9.17) is 0 Å². The molecular formula is C11H22N2S. The zero-order valence-electron chi connectivity index (χ0n) is 9.32. The molecule has 2 saturated heterocycles. The highest BCUT2D eigenvalue weighted by Crippen LogP contribution is 2.26. The number of likely N-dealkylation sites (tertiary alicyclic amines) is 1. The maximum Gasteiger partial charge on any atom is 0.0140 e. The highest BCUT2D eigenvalue weighted by Gasteiger charge is 2.30. The minimum absolute atomic E-state index is 0.864. The molecule has 1 atom stereocenters. The summed E-state index contributed by atoms with van der Waals surface area (Å²) < 4.78 is 2.11. The van der Waals surface area contributed by atoms with Crippen LogP contribution in [0.4, 0.5) is 0 Å². The summed E-state index contributed by atoms with van der Waals surface area (Å²) in [4.78, 5) is 2.65. The van der Waals surface area contributed by atoms with Gasteiger partial charge in [-0.05, 0) is 30.7 Å². The van der Waals surface area contributed by atoms with Crippen molar-refractivity contribution < 1.29 is 0 Å². The van der Waals surface area contributed by atoms with Gasteiger partial charge in [0.1, 0.15) is 0 Å². The summed E-state index contributed by atoms with van der Waals surface area (Å²) in [6, 6.07) is 0. The Morgan fingerprint density at radius 3 is 2.50 bits per heavy atom. The van der Waals surface area contributed by atoms with Crippen LogP contribution >= 0.6 is 12.8 Å². The molecule has 0 aromatic rings. The Balaban J connectivity index is 1.69. The fourth-order valence-electron chi connectivity index (χ4n) is 2.60. The summed E-state index contributed by atoms with van der Waals surface area (Å²) in [6.45, 7) is 11.0. The van der Waals surface area contributed by atoms with Crippen LogP contribution in [0.15, 0.2) is 0 Å². The van der Waals surface area contributed by atoms with E-state index in [2.05, 4.69) is 35.9 Å². The van der Waals surface area contributed by atoms with E-state index in [0.29, 0.717) is 0 Å². The average Bonchev–Trinajstić information content (AvgIpc) is 2.50. The second kappa shape index (κ2) is 4.42. The zero-order valence-corrected chi connectivity index (χ0v) is 10.2. The Morgan fingerprint density at radius 2 is 2.00 bits per heavy atom. The quantitative estimate of drug-likeness (QED) is 0.715. The molecule has 0 aromatic carbocycles. The van der Waals surface area contributed by atoms with Crippen LogP contribution in [0.2, 0.25) is 0 Å². The van der Waals surface area contributed by atoms with Crippen LogP contribution in [0.1, 0.15) is 20.3 Å². The first-order chi connectivity index (χ1) is 6.65. The standard InChI is InChI=1S/C11H22N2S/c1-9(2)11-3-4-12(8-11)5-10-6-13(14)7-10/h9-11,14H,3-8H2,1-2H3. The molecule has 0 amide bonds. The molecule has 0 spiro atoms. The van der Waals surface area contributed by atoms with Gasteiger partial charge < -0.3 is 4.90 Å². The first-order valence-electron chi connectivity index (χ1n) is 5.81. The van der Waals surface area contributed by atoms with Gasteiger partial charge in [-0.3, -0.25) is 4.31 Å². The van der Waals surface area contributed by atoms with Crippen LogP contribution in [0.5, 0.6) is 0 Å². The Bertz CT molecular complexity index is 190. The van der Waals surface area contributed by atoms with Crippen molar-refractivity contribution in [1.82, 2.24) is 9.21 Å². The average molecular weight is 214 g/mol. The van der Waals surface area contributed by atoms with Crippen molar-refractivity contribution in [2.75, 3.05) is 32.7 Å². The van der Waals surface area contributed by atoms with Crippen LogP contribution in [-0.2, 0) is 0 Å². The van der Waals surface area contributed by atoms with Crippen LogP contribution < -0.4 is 0 Å². The number of thiol groups is 1. The smallest absolute Gasteiger partial charge is 0.0140 e. The van der Waals surface area contributed by atoms with E-state index >= 15 is 0 Å². The molecule has 82 valence electrons. The first kappa shape index (κ1) is 10.8. The minimum atomic E-state index is 0.864. The Morgan fingerprint density at radius 1 is 1.29 bits per heavy atom. The van der Waals surface area contributed by atoms with Crippen molar-refractivity contribution in [3.05, 3.63) is 0 Å². The molecule has 2 rings (SSSR count). The maximum absolute atomic E-state index is 4.31. The molecule has 2 nitrogen and oxygen atoms in total. The van der Waals surface area contributed by atoms with Crippen molar-refractivity contribution in [2.24, 2.45) is 17.8 Å².